The third kappa shape index (κ3) is 6.25. The van der Waals surface area contributed by atoms with Crippen LogP contribution in [0.4, 0.5) is 5.13 Å². The molecule has 0 aliphatic carbocycles. The molecule has 0 saturated carbocycles. The summed E-state index contributed by atoms with van der Waals surface area (Å²) in [6.07, 6.45) is 3.82. The lowest BCUT2D eigenvalue weighted by atomic mass is 10.0. The van der Waals surface area contributed by atoms with E-state index in [1.807, 2.05) is 12.3 Å². The number of thiazole rings is 1. The number of rotatable bonds is 9. The van der Waals surface area contributed by atoms with Crippen LogP contribution >= 0.6 is 11.3 Å². The summed E-state index contributed by atoms with van der Waals surface area (Å²) in [6.45, 7) is 16.0. The molecule has 1 N–H and O–H groups in total. The van der Waals surface area contributed by atoms with E-state index in [2.05, 4.69) is 82.7 Å². The highest BCUT2D eigenvalue weighted by Crippen LogP contribution is 2.32. The molecule has 0 radical (unpaired) electrons. The summed E-state index contributed by atoms with van der Waals surface area (Å²) in [5.41, 5.74) is 3.21. The van der Waals surface area contributed by atoms with Crippen molar-refractivity contribution >= 4 is 35.2 Å². The standard InChI is InChI=1S/C24H34N6OS/c1-6-30(7-2)24-26-16-21(32-24)19-9-8-18(3)20(14-19)15-22(25-4)27-23(31)17-29-12-10-28(5)11-13-29/h8-9,14-16H,4,6-7,10-13,17H2,1-3,5H3,(H,27,31)/b22-15+. The number of nitrogens with one attached hydrogen (secondary N) is 1. The Morgan fingerprint density at radius 3 is 2.66 bits per heavy atom. The van der Waals surface area contributed by atoms with Crippen LogP contribution in [0.5, 0.6) is 0 Å². The molecule has 1 aliphatic rings. The Morgan fingerprint density at radius 1 is 1.28 bits per heavy atom. The SMILES string of the molecule is C=N/C(=C\c1cc(-c2cnc(N(CC)CC)s2)ccc1C)NC(=O)CN1CCN(C)CC1. The molecule has 1 fully saturated rings. The molecule has 2 aromatic rings. The van der Waals surface area contributed by atoms with Crippen molar-refractivity contribution < 1.29 is 4.79 Å². The van der Waals surface area contributed by atoms with Crippen LogP contribution in [0.3, 0.4) is 0 Å². The number of carbonyl (C=O) groups excluding carboxylic acids is 1. The van der Waals surface area contributed by atoms with Crippen LogP contribution in [-0.4, -0.2) is 80.3 Å². The van der Waals surface area contributed by atoms with Crippen molar-refractivity contribution in [3.8, 4) is 10.4 Å². The van der Waals surface area contributed by atoms with Crippen LogP contribution in [-0.2, 0) is 4.79 Å². The highest BCUT2D eigenvalue weighted by Gasteiger charge is 2.17. The number of amides is 1. The predicted octanol–water partition coefficient (Wildman–Crippen LogP) is 3.33. The van der Waals surface area contributed by atoms with Gasteiger partial charge in [-0.2, -0.15) is 0 Å². The summed E-state index contributed by atoms with van der Waals surface area (Å²) < 4.78 is 0. The van der Waals surface area contributed by atoms with E-state index in [4.69, 9.17) is 0 Å². The lowest BCUT2D eigenvalue weighted by Gasteiger charge is -2.31. The third-order valence-electron chi connectivity index (χ3n) is 5.78. The Labute approximate surface area is 195 Å². The summed E-state index contributed by atoms with van der Waals surface area (Å²) in [4.78, 5) is 29.0. The number of hydrogen-bond donors (Lipinski definition) is 1. The van der Waals surface area contributed by atoms with Gasteiger partial charge in [-0.25, -0.2) is 9.98 Å². The molecular formula is C24H34N6OS. The monoisotopic (exact) mass is 454 g/mol. The number of aryl methyl sites for hydroxylation is 1. The van der Waals surface area contributed by atoms with Crippen molar-refractivity contribution in [2.45, 2.75) is 20.8 Å². The molecule has 1 aromatic heterocycles. The molecule has 0 bridgehead atoms. The zero-order valence-corrected chi connectivity index (χ0v) is 20.4. The van der Waals surface area contributed by atoms with Crippen molar-refractivity contribution in [1.82, 2.24) is 20.1 Å². The second kappa shape index (κ2) is 11.4. The maximum absolute atomic E-state index is 12.5. The fraction of sp³-hybridized carbons (Fsp3) is 0.458. The van der Waals surface area contributed by atoms with Gasteiger partial charge in [0, 0.05) is 45.5 Å². The minimum absolute atomic E-state index is 0.0617. The number of aromatic nitrogens is 1. The molecule has 1 aromatic carbocycles. The minimum atomic E-state index is -0.0617. The van der Waals surface area contributed by atoms with Crippen molar-refractivity contribution in [3.63, 3.8) is 0 Å². The molecule has 8 heteroatoms. The molecule has 32 heavy (non-hydrogen) atoms. The Bertz CT molecular complexity index is 957. The number of benzene rings is 1. The number of hydrogen-bond acceptors (Lipinski definition) is 7. The number of anilines is 1. The van der Waals surface area contributed by atoms with Gasteiger partial charge in [0.25, 0.3) is 0 Å². The first-order valence-corrected chi connectivity index (χ1v) is 12.0. The van der Waals surface area contributed by atoms with Crippen molar-refractivity contribution in [2.75, 3.05) is 57.8 Å². The fourth-order valence-corrected chi connectivity index (χ4v) is 4.69. The van der Waals surface area contributed by atoms with Crippen LogP contribution < -0.4 is 10.2 Å². The van der Waals surface area contributed by atoms with E-state index >= 15 is 0 Å². The van der Waals surface area contributed by atoms with Crippen LogP contribution in [0.25, 0.3) is 16.5 Å². The summed E-state index contributed by atoms with van der Waals surface area (Å²) in [5, 5.41) is 3.95. The Kier molecular flexibility index (Phi) is 8.55. The van der Waals surface area contributed by atoms with Gasteiger partial charge in [0.05, 0.1) is 11.4 Å². The van der Waals surface area contributed by atoms with Crippen molar-refractivity contribution in [3.05, 3.63) is 41.3 Å². The van der Waals surface area contributed by atoms with Gasteiger partial charge in [-0.1, -0.05) is 23.5 Å². The first kappa shape index (κ1) is 24.1. The zero-order chi connectivity index (χ0) is 23.1. The largest absolute Gasteiger partial charge is 0.349 e. The van der Waals surface area contributed by atoms with E-state index in [-0.39, 0.29) is 5.91 Å². The average molecular weight is 455 g/mol. The highest BCUT2D eigenvalue weighted by molar-refractivity contribution is 7.18. The molecule has 2 heterocycles. The molecule has 7 nitrogen and oxygen atoms in total. The average Bonchev–Trinajstić information content (AvgIpc) is 3.27. The Hall–Kier alpha value is -2.55. The van der Waals surface area contributed by atoms with Crippen LogP contribution in [0.15, 0.2) is 35.2 Å². The second-order valence-electron chi connectivity index (χ2n) is 8.07. The summed E-state index contributed by atoms with van der Waals surface area (Å²) in [7, 11) is 2.10. The van der Waals surface area contributed by atoms with E-state index in [0.29, 0.717) is 12.4 Å². The van der Waals surface area contributed by atoms with E-state index in [1.54, 1.807) is 11.3 Å². The summed E-state index contributed by atoms with van der Waals surface area (Å²) in [6, 6.07) is 6.32. The van der Waals surface area contributed by atoms with Gasteiger partial charge < -0.3 is 15.1 Å². The van der Waals surface area contributed by atoms with E-state index in [9.17, 15) is 4.79 Å². The van der Waals surface area contributed by atoms with Crippen LogP contribution in [0.1, 0.15) is 25.0 Å². The van der Waals surface area contributed by atoms with Gasteiger partial charge in [-0.15, -0.1) is 0 Å². The topological polar surface area (TPSA) is 64.1 Å². The molecule has 0 spiro atoms. The molecule has 1 amide bonds. The number of carbonyl (C=O) groups is 1. The fourth-order valence-electron chi connectivity index (χ4n) is 3.65. The molecule has 1 aliphatic heterocycles. The Balaban J connectivity index is 1.73. The van der Waals surface area contributed by atoms with Gasteiger partial charge in [-0.05, 0) is 63.4 Å². The quantitative estimate of drug-likeness (QED) is 0.589. The van der Waals surface area contributed by atoms with Gasteiger partial charge in [0.15, 0.2) is 5.13 Å². The normalized spacial score (nSPS) is 15.6. The third-order valence-corrected chi connectivity index (χ3v) is 6.89. The van der Waals surface area contributed by atoms with Gasteiger partial charge in [0.2, 0.25) is 5.91 Å². The number of aliphatic imine (C=N–C) groups is 1. The summed E-state index contributed by atoms with van der Waals surface area (Å²) in [5.74, 6) is 0.408. The molecular weight excluding hydrogens is 420 g/mol. The van der Waals surface area contributed by atoms with E-state index in [1.165, 1.54) is 0 Å². The molecule has 0 atom stereocenters. The number of piperazine rings is 1. The van der Waals surface area contributed by atoms with Gasteiger partial charge >= 0.3 is 0 Å². The van der Waals surface area contributed by atoms with E-state index < -0.39 is 0 Å². The van der Waals surface area contributed by atoms with Crippen molar-refractivity contribution in [1.29, 1.82) is 0 Å². The maximum Gasteiger partial charge on any atom is 0.239 e. The lowest BCUT2D eigenvalue weighted by Crippen LogP contribution is -2.47. The first-order valence-electron chi connectivity index (χ1n) is 11.1. The van der Waals surface area contributed by atoms with Crippen LogP contribution in [0.2, 0.25) is 0 Å². The minimum Gasteiger partial charge on any atom is -0.349 e. The van der Waals surface area contributed by atoms with E-state index in [0.717, 1.165) is 66.0 Å². The lowest BCUT2D eigenvalue weighted by molar-refractivity contribution is -0.121. The van der Waals surface area contributed by atoms with Crippen LogP contribution in [0, 0.1) is 6.92 Å². The first-order chi connectivity index (χ1) is 15.4. The molecule has 0 unspecified atom stereocenters. The zero-order valence-electron chi connectivity index (χ0n) is 19.6. The molecule has 3 rings (SSSR count). The van der Waals surface area contributed by atoms with Crippen molar-refractivity contribution in [2.24, 2.45) is 4.99 Å². The second-order valence-corrected chi connectivity index (χ2v) is 9.08. The number of likely N-dealkylation sites (N-methyl/N-ethyl adjacent to an activating group) is 1. The smallest absolute Gasteiger partial charge is 0.239 e. The number of nitrogens with zero attached hydrogens (tertiary/aromatic N) is 5. The van der Waals surface area contributed by atoms with Gasteiger partial charge in [0.1, 0.15) is 5.82 Å². The summed E-state index contributed by atoms with van der Waals surface area (Å²) >= 11 is 1.69. The predicted molar refractivity (Wildman–Crippen MR) is 135 cm³/mol. The molecule has 172 valence electrons. The highest BCUT2D eigenvalue weighted by atomic mass is 32.1. The Morgan fingerprint density at radius 2 is 2.00 bits per heavy atom. The molecule has 1 saturated heterocycles. The van der Waals surface area contributed by atoms with Gasteiger partial charge in [-0.3, -0.25) is 9.69 Å². The maximum atomic E-state index is 12.5.